The van der Waals surface area contributed by atoms with Crippen molar-refractivity contribution >= 4 is 17.8 Å². The fraction of sp³-hybridized carbons (Fsp3) is 0. The van der Waals surface area contributed by atoms with Crippen LogP contribution in [0.5, 0.6) is 0 Å². The first kappa shape index (κ1) is 12.7. The summed E-state index contributed by atoms with van der Waals surface area (Å²) in [6.07, 6.45) is 11.1. The smallest absolute Gasteiger partial charge is 0.264 e. The molecule has 0 aliphatic rings. The summed E-state index contributed by atoms with van der Waals surface area (Å²) in [5, 5.41) is 10.5. The first-order chi connectivity index (χ1) is 9.25. The topological polar surface area (TPSA) is 56.0 Å². The molecular weight excluding hydrogens is 240 g/mol. The van der Waals surface area contributed by atoms with E-state index in [9.17, 15) is 10.1 Å². The van der Waals surface area contributed by atoms with E-state index < -0.39 is 4.92 Å². The summed E-state index contributed by atoms with van der Waals surface area (Å²) in [5.74, 6) is 0. The Morgan fingerprint density at radius 1 is 1.00 bits per heavy atom. The number of nitro groups is 1. The summed E-state index contributed by atoms with van der Waals surface area (Å²) >= 11 is 0. The number of non-ortho nitro benzene ring substituents is 1. The summed E-state index contributed by atoms with van der Waals surface area (Å²) in [6, 6.07) is 10.2. The number of hydrogen-bond donors (Lipinski definition) is 0. The second kappa shape index (κ2) is 6.26. The molecule has 1 heterocycles. The highest BCUT2D eigenvalue weighted by molar-refractivity contribution is 5.57. The van der Waals surface area contributed by atoms with Crippen LogP contribution in [0.3, 0.4) is 0 Å². The Hall–Kier alpha value is -2.75. The molecule has 0 radical (unpaired) electrons. The highest BCUT2D eigenvalue weighted by Crippen LogP contribution is 2.12. The standard InChI is InChI=1S/C15H12N2O2/c18-17(19)15-9-7-13(8-10-15)4-1-2-5-14-6-3-11-16-12-14/h1-12H/b4-1+,5-2+. The highest BCUT2D eigenvalue weighted by Gasteiger charge is 2.01. The molecule has 1 aromatic carbocycles. The van der Waals surface area contributed by atoms with E-state index >= 15 is 0 Å². The summed E-state index contributed by atoms with van der Waals surface area (Å²) in [6.45, 7) is 0. The third kappa shape index (κ3) is 3.89. The first-order valence-electron chi connectivity index (χ1n) is 5.75. The quantitative estimate of drug-likeness (QED) is 0.473. The number of allylic oxidation sites excluding steroid dienone is 2. The van der Waals surface area contributed by atoms with E-state index in [0.717, 1.165) is 11.1 Å². The minimum atomic E-state index is -0.407. The lowest BCUT2D eigenvalue weighted by Crippen LogP contribution is -1.86. The maximum absolute atomic E-state index is 10.5. The van der Waals surface area contributed by atoms with Gasteiger partial charge in [0.05, 0.1) is 4.92 Å². The van der Waals surface area contributed by atoms with Gasteiger partial charge in [-0.1, -0.05) is 30.4 Å². The van der Waals surface area contributed by atoms with Gasteiger partial charge in [-0.2, -0.15) is 0 Å². The lowest BCUT2D eigenvalue weighted by atomic mass is 10.2. The molecule has 0 saturated heterocycles. The molecule has 94 valence electrons. The van der Waals surface area contributed by atoms with Crippen LogP contribution in [0.15, 0.2) is 60.9 Å². The zero-order valence-corrected chi connectivity index (χ0v) is 10.1. The minimum Gasteiger partial charge on any atom is -0.264 e. The number of nitrogens with zero attached hydrogens (tertiary/aromatic N) is 2. The number of hydrogen-bond acceptors (Lipinski definition) is 3. The van der Waals surface area contributed by atoms with Crippen molar-refractivity contribution in [3.8, 4) is 0 Å². The van der Waals surface area contributed by atoms with Crippen LogP contribution in [0.4, 0.5) is 5.69 Å². The van der Waals surface area contributed by atoms with Gasteiger partial charge in [0, 0.05) is 24.5 Å². The minimum absolute atomic E-state index is 0.100. The second-order valence-corrected chi connectivity index (χ2v) is 3.85. The van der Waals surface area contributed by atoms with E-state index in [4.69, 9.17) is 0 Å². The fourth-order valence-corrected chi connectivity index (χ4v) is 1.52. The number of aromatic nitrogens is 1. The van der Waals surface area contributed by atoms with Crippen molar-refractivity contribution in [2.24, 2.45) is 0 Å². The van der Waals surface area contributed by atoms with Crippen LogP contribution in [0.2, 0.25) is 0 Å². The Morgan fingerprint density at radius 3 is 2.26 bits per heavy atom. The van der Waals surface area contributed by atoms with Gasteiger partial charge in [0.2, 0.25) is 0 Å². The molecule has 0 N–H and O–H groups in total. The van der Waals surface area contributed by atoms with E-state index in [1.807, 2.05) is 36.4 Å². The summed E-state index contributed by atoms with van der Waals surface area (Å²) in [4.78, 5) is 14.1. The van der Waals surface area contributed by atoms with E-state index in [2.05, 4.69) is 4.98 Å². The summed E-state index contributed by atoms with van der Waals surface area (Å²) in [5.41, 5.74) is 2.04. The second-order valence-electron chi connectivity index (χ2n) is 3.85. The van der Waals surface area contributed by atoms with Crippen LogP contribution in [0.1, 0.15) is 11.1 Å². The Labute approximate surface area is 110 Å². The molecular formula is C15H12N2O2. The van der Waals surface area contributed by atoms with E-state index in [0.29, 0.717) is 0 Å². The van der Waals surface area contributed by atoms with Crippen molar-refractivity contribution < 1.29 is 4.92 Å². The number of rotatable bonds is 4. The van der Waals surface area contributed by atoms with Gasteiger partial charge in [-0.3, -0.25) is 15.1 Å². The average molecular weight is 252 g/mol. The predicted octanol–water partition coefficient (Wildman–Crippen LogP) is 3.72. The fourth-order valence-electron chi connectivity index (χ4n) is 1.52. The van der Waals surface area contributed by atoms with E-state index in [1.54, 1.807) is 24.5 Å². The largest absolute Gasteiger partial charge is 0.269 e. The molecule has 0 bridgehead atoms. The van der Waals surface area contributed by atoms with Crippen LogP contribution in [-0.2, 0) is 0 Å². The molecule has 0 unspecified atom stereocenters. The Kier molecular flexibility index (Phi) is 4.18. The van der Waals surface area contributed by atoms with Crippen molar-refractivity contribution in [3.63, 3.8) is 0 Å². The van der Waals surface area contributed by atoms with Gasteiger partial charge in [0.25, 0.3) is 5.69 Å². The monoisotopic (exact) mass is 252 g/mol. The molecule has 2 rings (SSSR count). The van der Waals surface area contributed by atoms with Gasteiger partial charge in [0.1, 0.15) is 0 Å². The number of nitro benzene ring substituents is 1. The summed E-state index contributed by atoms with van der Waals surface area (Å²) < 4.78 is 0. The third-order valence-corrected chi connectivity index (χ3v) is 2.48. The van der Waals surface area contributed by atoms with Crippen molar-refractivity contribution in [1.82, 2.24) is 4.98 Å². The summed E-state index contributed by atoms with van der Waals surface area (Å²) in [7, 11) is 0. The zero-order valence-electron chi connectivity index (χ0n) is 10.1. The normalized spacial score (nSPS) is 11.2. The highest BCUT2D eigenvalue weighted by atomic mass is 16.6. The van der Waals surface area contributed by atoms with Gasteiger partial charge in [-0.05, 0) is 29.3 Å². The number of benzene rings is 1. The molecule has 0 atom stereocenters. The molecule has 0 spiro atoms. The molecule has 0 aliphatic heterocycles. The first-order valence-corrected chi connectivity index (χ1v) is 5.75. The Balaban J connectivity index is 1.99. The molecule has 4 heteroatoms. The number of pyridine rings is 1. The Morgan fingerprint density at radius 2 is 1.68 bits per heavy atom. The van der Waals surface area contributed by atoms with E-state index in [-0.39, 0.29) is 5.69 Å². The van der Waals surface area contributed by atoms with Crippen molar-refractivity contribution in [2.45, 2.75) is 0 Å². The molecule has 0 fully saturated rings. The lowest BCUT2D eigenvalue weighted by molar-refractivity contribution is -0.384. The van der Waals surface area contributed by atoms with Crippen LogP contribution in [0, 0.1) is 10.1 Å². The van der Waals surface area contributed by atoms with E-state index in [1.165, 1.54) is 12.1 Å². The maximum Gasteiger partial charge on any atom is 0.269 e. The molecule has 19 heavy (non-hydrogen) atoms. The van der Waals surface area contributed by atoms with Gasteiger partial charge in [0.15, 0.2) is 0 Å². The predicted molar refractivity (Wildman–Crippen MR) is 75.4 cm³/mol. The van der Waals surface area contributed by atoms with Gasteiger partial charge in [-0.15, -0.1) is 0 Å². The SMILES string of the molecule is O=[N+]([O-])c1ccc(/C=C/C=C/c2cccnc2)cc1. The van der Waals surface area contributed by atoms with Gasteiger partial charge >= 0.3 is 0 Å². The lowest BCUT2D eigenvalue weighted by Gasteiger charge is -1.92. The molecule has 2 aromatic rings. The molecule has 0 amide bonds. The molecule has 4 nitrogen and oxygen atoms in total. The average Bonchev–Trinajstić information content (AvgIpc) is 2.45. The van der Waals surface area contributed by atoms with Gasteiger partial charge in [-0.25, -0.2) is 0 Å². The zero-order chi connectivity index (χ0) is 13.5. The maximum atomic E-state index is 10.5. The van der Waals surface area contributed by atoms with Crippen molar-refractivity contribution in [3.05, 3.63) is 82.2 Å². The third-order valence-electron chi connectivity index (χ3n) is 2.48. The van der Waals surface area contributed by atoms with Crippen LogP contribution < -0.4 is 0 Å². The Bertz CT molecular complexity index is 602. The van der Waals surface area contributed by atoms with Gasteiger partial charge < -0.3 is 0 Å². The van der Waals surface area contributed by atoms with Crippen LogP contribution in [0.25, 0.3) is 12.2 Å². The van der Waals surface area contributed by atoms with Crippen LogP contribution >= 0.6 is 0 Å². The molecule has 0 aliphatic carbocycles. The molecule has 1 aromatic heterocycles. The molecule has 0 saturated carbocycles. The van der Waals surface area contributed by atoms with Crippen molar-refractivity contribution in [1.29, 1.82) is 0 Å². The van der Waals surface area contributed by atoms with Crippen molar-refractivity contribution in [2.75, 3.05) is 0 Å². The van der Waals surface area contributed by atoms with Crippen LogP contribution in [-0.4, -0.2) is 9.91 Å².